The Morgan fingerprint density at radius 3 is 2.37 bits per heavy atom. The van der Waals surface area contributed by atoms with Crippen molar-refractivity contribution < 1.29 is 48.7 Å². The van der Waals surface area contributed by atoms with Gasteiger partial charge in [0.1, 0.15) is 12.2 Å². The van der Waals surface area contributed by atoms with Crippen LogP contribution in [0.15, 0.2) is 41.5 Å². The van der Waals surface area contributed by atoms with Crippen molar-refractivity contribution in [1.29, 1.82) is 0 Å². The summed E-state index contributed by atoms with van der Waals surface area (Å²) in [5.41, 5.74) is -2.99. The zero-order chi connectivity index (χ0) is 37.1. The average molecular weight is 712 g/mol. The predicted molar refractivity (Wildman–Crippen MR) is 187 cm³/mol. The molecule has 2 saturated heterocycles. The topological polar surface area (TPSA) is 152 Å². The SMILES string of the molecule is CC1=C2[C@@H](O)C(=O)[C@@]3(C)C([C@H](C)[C@](O)(C[C@@H]1OC(=O)[C@H](OC(=O)CCCN1CCOCC1)[C@@H](C)c1ccccc1)C2(C)C)[C@]1(C)CO[C@@H]1C[C@@H]3O. The molecule has 0 aromatic heterocycles. The number of hydrogen-bond donors (Lipinski definition) is 3. The molecule has 2 heterocycles. The smallest absolute Gasteiger partial charge is 0.348 e. The first-order valence-electron chi connectivity index (χ1n) is 18.7. The molecule has 6 rings (SSSR count). The molecule has 2 aliphatic heterocycles. The Morgan fingerprint density at radius 2 is 1.75 bits per heavy atom. The molecule has 11 atom stereocenters. The Hall–Kier alpha value is -2.67. The van der Waals surface area contributed by atoms with Gasteiger partial charge in [-0.1, -0.05) is 65.0 Å². The first-order chi connectivity index (χ1) is 24.0. The van der Waals surface area contributed by atoms with Crippen molar-refractivity contribution in [3.8, 4) is 0 Å². The summed E-state index contributed by atoms with van der Waals surface area (Å²) in [7, 11) is 0. The molecule has 2 bridgehead atoms. The van der Waals surface area contributed by atoms with E-state index in [9.17, 15) is 29.7 Å². The molecule has 1 aromatic rings. The number of carbonyl (C=O) groups is 3. The van der Waals surface area contributed by atoms with Gasteiger partial charge in [-0.3, -0.25) is 14.5 Å². The summed E-state index contributed by atoms with van der Waals surface area (Å²) in [5.74, 6) is -3.44. The van der Waals surface area contributed by atoms with Gasteiger partial charge in [-0.25, -0.2) is 4.79 Å². The summed E-state index contributed by atoms with van der Waals surface area (Å²) in [6.07, 6.45) is -4.34. The fourth-order valence-electron chi connectivity index (χ4n) is 10.5. The van der Waals surface area contributed by atoms with Crippen LogP contribution in [-0.4, -0.2) is 114 Å². The van der Waals surface area contributed by atoms with E-state index >= 15 is 0 Å². The van der Waals surface area contributed by atoms with E-state index in [1.54, 1.807) is 13.8 Å². The van der Waals surface area contributed by atoms with Gasteiger partial charge in [0.2, 0.25) is 6.10 Å². The van der Waals surface area contributed by atoms with Gasteiger partial charge in [-0.2, -0.15) is 0 Å². The highest BCUT2D eigenvalue weighted by Gasteiger charge is 2.73. The summed E-state index contributed by atoms with van der Waals surface area (Å²) in [5, 5.41) is 36.5. The predicted octanol–water partition coefficient (Wildman–Crippen LogP) is 3.58. The molecular formula is C40H57NO10. The number of aliphatic hydroxyl groups is 3. The number of morpholine rings is 1. The molecule has 4 fully saturated rings. The number of aliphatic hydroxyl groups excluding tert-OH is 2. The Morgan fingerprint density at radius 1 is 1.08 bits per heavy atom. The highest BCUT2D eigenvalue weighted by Crippen LogP contribution is 2.66. The molecule has 5 aliphatic rings. The highest BCUT2D eigenvalue weighted by molar-refractivity contribution is 5.93. The lowest BCUT2D eigenvalue weighted by molar-refractivity contribution is -0.302. The zero-order valence-corrected chi connectivity index (χ0v) is 31.2. The Labute approximate surface area is 301 Å². The van der Waals surface area contributed by atoms with Crippen molar-refractivity contribution >= 4 is 17.7 Å². The number of rotatable bonds is 9. The van der Waals surface area contributed by atoms with Gasteiger partial charge in [0.15, 0.2) is 5.78 Å². The minimum Gasteiger partial charge on any atom is -0.455 e. The maximum atomic E-state index is 14.5. The van der Waals surface area contributed by atoms with Crippen molar-refractivity contribution in [3.05, 3.63) is 47.0 Å². The molecule has 282 valence electrons. The number of ether oxygens (including phenoxy) is 4. The number of ketones is 1. The lowest BCUT2D eigenvalue weighted by Crippen LogP contribution is -2.75. The van der Waals surface area contributed by atoms with E-state index < -0.39 is 81.7 Å². The molecule has 51 heavy (non-hydrogen) atoms. The normalized spacial score (nSPS) is 39.0. The second-order valence-electron chi connectivity index (χ2n) is 16.8. The van der Waals surface area contributed by atoms with Gasteiger partial charge in [0.05, 0.1) is 43.0 Å². The largest absolute Gasteiger partial charge is 0.455 e. The minimum absolute atomic E-state index is 0.00658. The molecular weight excluding hydrogens is 654 g/mol. The number of hydrogen-bond acceptors (Lipinski definition) is 11. The highest BCUT2D eigenvalue weighted by atomic mass is 16.6. The second kappa shape index (κ2) is 14.0. The molecule has 11 nitrogen and oxygen atoms in total. The van der Waals surface area contributed by atoms with E-state index in [0.717, 1.165) is 18.7 Å². The van der Waals surface area contributed by atoms with E-state index in [2.05, 4.69) is 4.90 Å². The number of benzene rings is 1. The molecule has 3 aliphatic carbocycles. The molecule has 1 unspecified atom stereocenters. The van der Waals surface area contributed by atoms with Crippen LogP contribution in [-0.2, 0) is 33.3 Å². The summed E-state index contributed by atoms with van der Waals surface area (Å²) in [6.45, 7) is 16.9. The van der Waals surface area contributed by atoms with Crippen LogP contribution in [0.5, 0.6) is 0 Å². The lowest BCUT2D eigenvalue weighted by atomic mass is 9.40. The summed E-state index contributed by atoms with van der Waals surface area (Å²) in [4.78, 5) is 44.3. The van der Waals surface area contributed by atoms with Gasteiger partial charge in [0.25, 0.3) is 0 Å². The monoisotopic (exact) mass is 711 g/mol. The van der Waals surface area contributed by atoms with E-state index in [4.69, 9.17) is 18.9 Å². The van der Waals surface area contributed by atoms with Gasteiger partial charge in [0, 0.05) is 49.1 Å². The Kier molecular flexibility index (Phi) is 10.4. The van der Waals surface area contributed by atoms with E-state index in [1.807, 2.05) is 65.0 Å². The van der Waals surface area contributed by atoms with Crippen LogP contribution >= 0.6 is 0 Å². The maximum Gasteiger partial charge on any atom is 0.348 e. The quantitative estimate of drug-likeness (QED) is 0.255. The fourth-order valence-corrected chi connectivity index (χ4v) is 10.5. The fraction of sp³-hybridized carbons (Fsp3) is 0.725. The van der Waals surface area contributed by atoms with Crippen molar-refractivity contribution in [3.63, 3.8) is 0 Å². The van der Waals surface area contributed by atoms with E-state index in [0.29, 0.717) is 43.9 Å². The molecule has 0 amide bonds. The Balaban J connectivity index is 1.31. The third kappa shape index (κ3) is 6.19. The van der Waals surface area contributed by atoms with Crippen LogP contribution < -0.4 is 0 Å². The van der Waals surface area contributed by atoms with Crippen LogP contribution in [0.4, 0.5) is 0 Å². The number of Topliss-reactive ketones (excluding diaryl/α,β-unsaturated/α-hetero) is 1. The van der Waals surface area contributed by atoms with Crippen molar-refractivity contribution in [2.75, 3.05) is 39.5 Å². The third-order valence-electron chi connectivity index (χ3n) is 13.8. The number of nitrogens with zero attached hydrogens (tertiary/aromatic N) is 1. The van der Waals surface area contributed by atoms with Crippen LogP contribution in [0.25, 0.3) is 0 Å². The van der Waals surface area contributed by atoms with Crippen LogP contribution in [0.1, 0.15) is 85.6 Å². The van der Waals surface area contributed by atoms with Gasteiger partial charge in [-0.05, 0) is 55.4 Å². The second-order valence-corrected chi connectivity index (χ2v) is 16.8. The minimum atomic E-state index is -1.65. The lowest BCUT2D eigenvalue weighted by Gasteiger charge is -2.68. The summed E-state index contributed by atoms with van der Waals surface area (Å²) >= 11 is 0. The first-order valence-corrected chi connectivity index (χ1v) is 18.7. The van der Waals surface area contributed by atoms with Crippen LogP contribution in [0, 0.1) is 28.1 Å². The molecule has 2 saturated carbocycles. The molecule has 11 heteroatoms. The van der Waals surface area contributed by atoms with Crippen molar-refractivity contribution in [2.24, 2.45) is 28.1 Å². The average Bonchev–Trinajstić information content (AvgIpc) is 3.10. The number of fused-ring (bicyclic) bond motifs is 5. The summed E-state index contributed by atoms with van der Waals surface area (Å²) in [6, 6.07) is 9.31. The first kappa shape index (κ1) is 38.1. The van der Waals surface area contributed by atoms with Crippen LogP contribution in [0.3, 0.4) is 0 Å². The van der Waals surface area contributed by atoms with Crippen molar-refractivity contribution in [1.82, 2.24) is 4.90 Å². The maximum absolute atomic E-state index is 14.5. The number of carbonyl (C=O) groups excluding carboxylic acids is 3. The third-order valence-corrected chi connectivity index (χ3v) is 13.8. The van der Waals surface area contributed by atoms with E-state index in [1.165, 1.54) is 0 Å². The number of esters is 2. The molecule has 0 spiro atoms. The van der Waals surface area contributed by atoms with E-state index in [-0.39, 0.29) is 25.4 Å². The zero-order valence-electron chi connectivity index (χ0n) is 31.2. The summed E-state index contributed by atoms with van der Waals surface area (Å²) < 4.78 is 23.5. The standard InChI is InChI=1S/C40H57NO10/c1-23(26-12-9-8-10-13-26)33(51-30(43)14-11-15-41-16-18-48-19-17-41)36(46)50-27-21-40(47)25(3)34-38(6)22-49-29(38)20-28(42)39(34,7)35(45)32(44)31(24(27)2)37(40,4)5/h8-10,12-13,23,25,27-29,32-34,42,44,47H,11,14-22H2,1-7H3/t23-,25-,27-,28-,29+,32+,33+,34?,38+,39+,40+/m0/s1. The molecule has 0 radical (unpaired) electrons. The van der Waals surface area contributed by atoms with Gasteiger partial charge >= 0.3 is 11.9 Å². The Bertz CT molecular complexity index is 1520. The molecule has 1 aromatic carbocycles. The van der Waals surface area contributed by atoms with Gasteiger partial charge < -0.3 is 34.3 Å². The van der Waals surface area contributed by atoms with Crippen LogP contribution in [0.2, 0.25) is 0 Å². The van der Waals surface area contributed by atoms with Gasteiger partial charge in [-0.15, -0.1) is 0 Å². The van der Waals surface area contributed by atoms with Crippen molar-refractivity contribution in [2.45, 2.75) is 116 Å². The molecule has 3 N–H and O–H groups in total.